The van der Waals surface area contributed by atoms with E-state index in [4.69, 9.17) is 4.74 Å². The van der Waals surface area contributed by atoms with Crippen molar-refractivity contribution in [3.63, 3.8) is 0 Å². The van der Waals surface area contributed by atoms with E-state index in [1.807, 2.05) is 31.2 Å². The molecular formula is C15H21N3O. The molecule has 19 heavy (non-hydrogen) atoms. The van der Waals surface area contributed by atoms with Crippen molar-refractivity contribution in [1.29, 1.82) is 5.26 Å². The van der Waals surface area contributed by atoms with Gasteiger partial charge in [0.25, 0.3) is 0 Å². The molecule has 102 valence electrons. The van der Waals surface area contributed by atoms with Gasteiger partial charge in [-0.3, -0.25) is 4.90 Å². The summed E-state index contributed by atoms with van der Waals surface area (Å²) in [4.78, 5) is 2.26. The maximum Gasteiger partial charge on any atom is 0.122 e. The second kappa shape index (κ2) is 6.05. The van der Waals surface area contributed by atoms with E-state index in [0.717, 1.165) is 37.5 Å². The molecule has 1 aromatic rings. The molecule has 0 radical (unpaired) electrons. The third-order valence-electron chi connectivity index (χ3n) is 3.78. The van der Waals surface area contributed by atoms with Gasteiger partial charge in [-0.25, -0.2) is 0 Å². The van der Waals surface area contributed by atoms with Gasteiger partial charge in [0, 0.05) is 32.6 Å². The van der Waals surface area contributed by atoms with E-state index in [9.17, 15) is 5.26 Å². The number of benzene rings is 1. The number of nitrogens with one attached hydrogen (secondary N) is 1. The Morgan fingerprint density at radius 2 is 2.05 bits per heavy atom. The summed E-state index contributed by atoms with van der Waals surface area (Å²) in [7, 11) is 1.67. The zero-order valence-corrected chi connectivity index (χ0v) is 11.6. The first-order valence-electron chi connectivity index (χ1n) is 6.68. The van der Waals surface area contributed by atoms with E-state index in [2.05, 4.69) is 16.3 Å². The highest BCUT2D eigenvalue weighted by molar-refractivity contribution is 5.36. The van der Waals surface area contributed by atoms with Crippen molar-refractivity contribution < 1.29 is 4.74 Å². The molecule has 1 N–H and O–H groups in total. The molecule has 0 amide bonds. The highest BCUT2D eigenvalue weighted by Gasteiger charge is 2.33. The minimum atomic E-state index is -0.475. The van der Waals surface area contributed by atoms with Crippen LogP contribution in [0.5, 0.6) is 5.75 Å². The molecule has 0 saturated carbocycles. The summed E-state index contributed by atoms with van der Waals surface area (Å²) < 4.78 is 5.38. The molecule has 1 atom stereocenters. The lowest BCUT2D eigenvalue weighted by atomic mass is 9.91. The summed E-state index contributed by atoms with van der Waals surface area (Å²) in [6, 6.07) is 10.4. The molecule has 0 bridgehead atoms. The molecule has 0 aliphatic carbocycles. The van der Waals surface area contributed by atoms with Crippen molar-refractivity contribution in [3.05, 3.63) is 29.8 Å². The van der Waals surface area contributed by atoms with Crippen molar-refractivity contribution in [3.8, 4) is 11.8 Å². The first-order chi connectivity index (χ1) is 9.19. The number of methoxy groups -OCH3 is 1. The largest absolute Gasteiger partial charge is 0.496 e. The molecule has 0 spiro atoms. The first kappa shape index (κ1) is 13.9. The molecule has 0 aromatic heterocycles. The monoisotopic (exact) mass is 259 g/mol. The first-order valence-corrected chi connectivity index (χ1v) is 6.68. The van der Waals surface area contributed by atoms with Gasteiger partial charge in [-0.15, -0.1) is 0 Å². The van der Waals surface area contributed by atoms with E-state index in [1.165, 1.54) is 0 Å². The van der Waals surface area contributed by atoms with Crippen LogP contribution in [0.1, 0.15) is 12.5 Å². The van der Waals surface area contributed by atoms with Crippen molar-refractivity contribution in [1.82, 2.24) is 10.2 Å². The Morgan fingerprint density at radius 1 is 1.37 bits per heavy atom. The van der Waals surface area contributed by atoms with Crippen LogP contribution in [0, 0.1) is 11.3 Å². The van der Waals surface area contributed by atoms with Crippen molar-refractivity contribution in [2.24, 2.45) is 0 Å². The predicted molar refractivity (Wildman–Crippen MR) is 75.2 cm³/mol. The molecule has 1 unspecified atom stereocenters. The van der Waals surface area contributed by atoms with Gasteiger partial charge >= 0.3 is 0 Å². The van der Waals surface area contributed by atoms with Crippen molar-refractivity contribution >= 4 is 0 Å². The minimum Gasteiger partial charge on any atom is -0.496 e. The van der Waals surface area contributed by atoms with E-state index in [0.29, 0.717) is 6.42 Å². The molecule has 1 fully saturated rings. The summed E-state index contributed by atoms with van der Waals surface area (Å²) in [6.07, 6.45) is 0.688. The number of ether oxygens (including phenoxy) is 1. The Kier molecular flexibility index (Phi) is 4.41. The number of nitriles is 1. The fraction of sp³-hybridized carbons (Fsp3) is 0.533. The normalized spacial score (nSPS) is 19.4. The topological polar surface area (TPSA) is 48.3 Å². The Bertz CT molecular complexity index is 463. The Balaban J connectivity index is 2.20. The van der Waals surface area contributed by atoms with E-state index in [1.54, 1.807) is 7.11 Å². The fourth-order valence-corrected chi connectivity index (χ4v) is 2.60. The second-order valence-electron chi connectivity index (χ2n) is 5.11. The van der Waals surface area contributed by atoms with Gasteiger partial charge < -0.3 is 10.1 Å². The lowest BCUT2D eigenvalue weighted by Gasteiger charge is -2.39. The molecule has 1 saturated heterocycles. The number of rotatable bonds is 4. The summed E-state index contributed by atoms with van der Waals surface area (Å²) in [5.41, 5.74) is 0.615. The standard InChI is InChI=1S/C15H21N3O/c1-15(12-16,18-9-7-17-8-10-18)11-13-5-3-4-6-14(13)19-2/h3-6,17H,7-11H2,1-2H3. The number of para-hydroxylation sites is 1. The van der Waals surface area contributed by atoms with Crippen LogP contribution >= 0.6 is 0 Å². The summed E-state index contributed by atoms with van der Waals surface area (Å²) in [5, 5.41) is 12.9. The maximum atomic E-state index is 9.61. The smallest absolute Gasteiger partial charge is 0.122 e. The van der Waals surface area contributed by atoms with Crippen LogP contribution in [0.15, 0.2) is 24.3 Å². The number of hydrogen-bond acceptors (Lipinski definition) is 4. The van der Waals surface area contributed by atoms with Crippen LogP contribution in [0.4, 0.5) is 0 Å². The maximum absolute atomic E-state index is 9.61. The lowest BCUT2D eigenvalue weighted by molar-refractivity contribution is 0.132. The predicted octanol–water partition coefficient (Wildman–Crippen LogP) is 1.43. The van der Waals surface area contributed by atoms with Gasteiger partial charge in [0.15, 0.2) is 0 Å². The van der Waals surface area contributed by atoms with Crippen LogP contribution < -0.4 is 10.1 Å². The van der Waals surface area contributed by atoms with Crippen LogP contribution in [0.25, 0.3) is 0 Å². The molecule has 4 heteroatoms. The van der Waals surface area contributed by atoms with Gasteiger partial charge in [-0.1, -0.05) is 18.2 Å². The molecular weight excluding hydrogens is 238 g/mol. The minimum absolute atomic E-state index is 0.475. The van der Waals surface area contributed by atoms with E-state index < -0.39 is 5.54 Å². The summed E-state index contributed by atoms with van der Waals surface area (Å²) in [6.45, 7) is 5.75. The SMILES string of the molecule is COc1ccccc1CC(C)(C#N)N1CCNCC1. The highest BCUT2D eigenvalue weighted by Crippen LogP contribution is 2.26. The van der Waals surface area contributed by atoms with Gasteiger partial charge in [0.1, 0.15) is 11.3 Å². The molecule has 1 heterocycles. The van der Waals surface area contributed by atoms with Gasteiger partial charge in [0.2, 0.25) is 0 Å². The highest BCUT2D eigenvalue weighted by atomic mass is 16.5. The number of piperazine rings is 1. The van der Waals surface area contributed by atoms with Crippen LogP contribution in [-0.4, -0.2) is 43.7 Å². The van der Waals surface area contributed by atoms with Gasteiger partial charge in [-0.05, 0) is 18.6 Å². The third-order valence-corrected chi connectivity index (χ3v) is 3.78. The summed E-state index contributed by atoms with van der Waals surface area (Å²) in [5.74, 6) is 0.860. The van der Waals surface area contributed by atoms with E-state index >= 15 is 0 Å². The molecule has 2 rings (SSSR count). The zero-order valence-electron chi connectivity index (χ0n) is 11.6. The van der Waals surface area contributed by atoms with Crippen LogP contribution in [0.3, 0.4) is 0 Å². The average Bonchev–Trinajstić information content (AvgIpc) is 2.48. The van der Waals surface area contributed by atoms with Crippen molar-refractivity contribution in [2.45, 2.75) is 18.9 Å². The molecule has 1 aliphatic rings. The molecule has 1 aliphatic heterocycles. The van der Waals surface area contributed by atoms with Crippen LogP contribution in [-0.2, 0) is 6.42 Å². The quantitative estimate of drug-likeness (QED) is 0.888. The van der Waals surface area contributed by atoms with Gasteiger partial charge in [0.05, 0.1) is 13.2 Å². The third kappa shape index (κ3) is 3.06. The fourth-order valence-electron chi connectivity index (χ4n) is 2.60. The second-order valence-corrected chi connectivity index (χ2v) is 5.11. The molecule has 4 nitrogen and oxygen atoms in total. The number of hydrogen-bond donors (Lipinski definition) is 1. The Hall–Kier alpha value is -1.57. The van der Waals surface area contributed by atoms with Gasteiger partial charge in [-0.2, -0.15) is 5.26 Å². The Morgan fingerprint density at radius 3 is 2.68 bits per heavy atom. The summed E-state index contributed by atoms with van der Waals surface area (Å²) >= 11 is 0. The molecule has 1 aromatic carbocycles. The number of nitrogens with zero attached hydrogens (tertiary/aromatic N) is 2. The van der Waals surface area contributed by atoms with Crippen molar-refractivity contribution in [2.75, 3.05) is 33.3 Å². The van der Waals surface area contributed by atoms with E-state index in [-0.39, 0.29) is 0 Å². The zero-order chi connectivity index (χ0) is 13.7. The lowest BCUT2D eigenvalue weighted by Crippen LogP contribution is -2.55. The average molecular weight is 259 g/mol. The van der Waals surface area contributed by atoms with Crippen LogP contribution in [0.2, 0.25) is 0 Å². The Labute approximate surface area is 115 Å².